The van der Waals surface area contributed by atoms with Crippen molar-refractivity contribution in [2.45, 2.75) is 49.8 Å². The molecule has 146 valence electrons. The number of carbonyl (C=O) groups is 3. The van der Waals surface area contributed by atoms with E-state index in [9.17, 15) is 22.8 Å². The standard InChI is InChI=1S/C18H23N3O5S/c1-18(16(23)20-17(24)21-18)12-5-4-6-13(11-12)19-15(22)9-10-27(25,26)14-7-2-3-8-14/h4-6,11,14H,2-3,7-10H2,1H3,(H,19,22)(H2,20,21,23,24)/t18-/m1/s1. The van der Waals surface area contributed by atoms with Crippen LogP contribution in [-0.2, 0) is 25.0 Å². The summed E-state index contributed by atoms with van der Waals surface area (Å²) in [6, 6.07) is 5.99. The fourth-order valence-electron chi connectivity index (χ4n) is 3.53. The molecule has 0 aromatic heterocycles. The fourth-order valence-corrected chi connectivity index (χ4v) is 5.38. The van der Waals surface area contributed by atoms with Gasteiger partial charge in [-0.1, -0.05) is 25.0 Å². The smallest absolute Gasteiger partial charge is 0.322 e. The van der Waals surface area contributed by atoms with E-state index in [4.69, 9.17) is 0 Å². The molecule has 2 aliphatic rings. The molecule has 1 saturated heterocycles. The molecule has 27 heavy (non-hydrogen) atoms. The third-order valence-corrected chi connectivity index (χ3v) is 7.45. The van der Waals surface area contributed by atoms with Crippen LogP contribution >= 0.6 is 0 Å². The van der Waals surface area contributed by atoms with Crippen molar-refractivity contribution in [1.82, 2.24) is 10.6 Å². The van der Waals surface area contributed by atoms with Gasteiger partial charge in [-0.3, -0.25) is 14.9 Å². The van der Waals surface area contributed by atoms with Crippen LogP contribution in [0.2, 0.25) is 0 Å². The Labute approximate surface area is 158 Å². The number of carbonyl (C=O) groups excluding carboxylic acids is 3. The quantitative estimate of drug-likeness (QED) is 0.631. The number of imide groups is 1. The van der Waals surface area contributed by atoms with E-state index >= 15 is 0 Å². The van der Waals surface area contributed by atoms with Crippen LogP contribution in [0.1, 0.15) is 44.6 Å². The highest BCUT2D eigenvalue weighted by atomic mass is 32.2. The van der Waals surface area contributed by atoms with Gasteiger partial charge in [0.2, 0.25) is 5.91 Å². The van der Waals surface area contributed by atoms with Crippen molar-refractivity contribution in [2.24, 2.45) is 0 Å². The number of benzene rings is 1. The molecule has 1 heterocycles. The normalized spacial score (nSPS) is 23.1. The van der Waals surface area contributed by atoms with Gasteiger partial charge in [0.05, 0.1) is 11.0 Å². The molecule has 8 nitrogen and oxygen atoms in total. The number of nitrogens with one attached hydrogen (secondary N) is 3. The summed E-state index contributed by atoms with van der Waals surface area (Å²) in [6.07, 6.45) is 3.09. The van der Waals surface area contributed by atoms with Crippen molar-refractivity contribution in [1.29, 1.82) is 0 Å². The predicted octanol–water partition coefficient (Wildman–Crippen LogP) is 1.43. The van der Waals surface area contributed by atoms with Crippen LogP contribution in [0.5, 0.6) is 0 Å². The second kappa shape index (κ2) is 7.30. The Balaban J connectivity index is 1.63. The van der Waals surface area contributed by atoms with Crippen LogP contribution in [0, 0.1) is 0 Å². The van der Waals surface area contributed by atoms with E-state index in [0.29, 0.717) is 24.1 Å². The van der Waals surface area contributed by atoms with E-state index in [1.54, 1.807) is 31.2 Å². The summed E-state index contributed by atoms with van der Waals surface area (Å²) in [5.74, 6) is -1.04. The number of amides is 4. The first kappa shape index (κ1) is 19.3. The SMILES string of the molecule is C[C@]1(c2cccc(NC(=O)CCS(=O)(=O)C3CCCC3)c2)NC(=O)NC1=O. The Hall–Kier alpha value is -2.42. The molecule has 0 spiro atoms. The summed E-state index contributed by atoms with van der Waals surface area (Å²) in [6.45, 7) is 1.57. The first-order valence-electron chi connectivity index (χ1n) is 8.96. The minimum atomic E-state index is -3.25. The summed E-state index contributed by atoms with van der Waals surface area (Å²) in [5, 5.41) is 7.09. The maximum Gasteiger partial charge on any atom is 0.322 e. The molecule has 3 rings (SSSR count). The number of urea groups is 1. The topological polar surface area (TPSA) is 121 Å². The average molecular weight is 393 g/mol. The van der Waals surface area contributed by atoms with Gasteiger partial charge >= 0.3 is 6.03 Å². The van der Waals surface area contributed by atoms with E-state index in [1.807, 2.05) is 0 Å². The highest BCUT2D eigenvalue weighted by molar-refractivity contribution is 7.92. The molecule has 0 bridgehead atoms. The first-order valence-corrected chi connectivity index (χ1v) is 10.7. The zero-order chi connectivity index (χ0) is 19.7. The molecule has 1 aromatic carbocycles. The highest BCUT2D eigenvalue weighted by Crippen LogP contribution is 2.27. The summed E-state index contributed by atoms with van der Waals surface area (Å²) in [5.41, 5.74) is -0.267. The van der Waals surface area contributed by atoms with Gasteiger partial charge in [0.15, 0.2) is 9.84 Å². The van der Waals surface area contributed by atoms with Gasteiger partial charge < -0.3 is 10.6 Å². The van der Waals surface area contributed by atoms with E-state index in [-0.39, 0.29) is 17.4 Å². The minimum Gasteiger partial charge on any atom is -0.326 e. The summed E-state index contributed by atoms with van der Waals surface area (Å²) in [4.78, 5) is 35.6. The number of rotatable bonds is 6. The zero-order valence-corrected chi connectivity index (χ0v) is 15.9. The van der Waals surface area contributed by atoms with Gasteiger partial charge in [-0.2, -0.15) is 0 Å². The third kappa shape index (κ3) is 4.13. The van der Waals surface area contributed by atoms with Gasteiger partial charge in [-0.05, 0) is 37.5 Å². The van der Waals surface area contributed by atoms with Gasteiger partial charge in [0, 0.05) is 12.1 Å². The van der Waals surface area contributed by atoms with Crippen LogP contribution in [0.3, 0.4) is 0 Å². The number of hydrogen-bond acceptors (Lipinski definition) is 5. The summed E-state index contributed by atoms with van der Waals surface area (Å²) < 4.78 is 24.5. The van der Waals surface area contributed by atoms with Crippen LogP contribution in [0.25, 0.3) is 0 Å². The van der Waals surface area contributed by atoms with E-state index in [0.717, 1.165) is 12.8 Å². The maximum absolute atomic E-state index is 12.3. The van der Waals surface area contributed by atoms with E-state index in [1.165, 1.54) is 0 Å². The zero-order valence-electron chi connectivity index (χ0n) is 15.1. The van der Waals surface area contributed by atoms with Crippen LogP contribution in [0.15, 0.2) is 24.3 Å². The van der Waals surface area contributed by atoms with Crippen molar-refractivity contribution in [3.63, 3.8) is 0 Å². The Morgan fingerprint density at radius 3 is 2.59 bits per heavy atom. The molecule has 9 heteroatoms. The largest absolute Gasteiger partial charge is 0.326 e. The molecule has 3 N–H and O–H groups in total. The molecule has 1 aliphatic carbocycles. The van der Waals surface area contributed by atoms with Gasteiger partial charge in [0.25, 0.3) is 5.91 Å². The maximum atomic E-state index is 12.3. The molecular weight excluding hydrogens is 370 g/mol. The van der Waals surface area contributed by atoms with Crippen LogP contribution < -0.4 is 16.0 Å². The average Bonchev–Trinajstić information content (AvgIpc) is 3.23. The lowest BCUT2D eigenvalue weighted by atomic mass is 9.92. The second-order valence-electron chi connectivity index (χ2n) is 7.19. The molecular formula is C18H23N3O5S. The van der Waals surface area contributed by atoms with Crippen molar-refractivity contribution in [3.05, 3.63) is 29.8 Å². The lowest BCUT2D eigenvalue weighted by Gasteiger charge is -2.21. The van der Waals surface area contributed by atoms with Gasteiger partial charge in [-0.25, -0.2) is 13.2 Å². The molecule has 0 radical (unpaired) electrons. The molecule has 1 atom stereocenters. The minimum absolute atomic E-state index is 0.114. The monoisotopic (exact) mass is 393 g/mol. The first-order chi connectivity index (χ1) is 12.7. The summed E-state index contributed by atoms with van der Waals surface area (Å²) >= 11 is 0. The van der Waals surface area contributed by atoms with Gasteiger partial charge in [-0.15, -0.1) is 0 Å². The second-order valence-corrected chi connectivity index (χ2v) is 9.59. The predicted molar refractivity (Wildman–Crippen MR) is 99.8 cm³/mol. The number of sulfone groups is 1. The number of hydrogen-bond donors (Lipinski definition) is 3. The van der Waals surface area contributed by atoms with Crippen molar-refractivity contribution in [3.8, 4) is 0 Å². The van der Waals surface area contributed by atoms with E-state index < -0.39 is 33.2 Å². The fraction of sp³-hybridized carbons (Fsp3) is 0.500. The van der Waals surface area contributed by atoms with Crippen LogP contribution in [-0.4, -0.2) is 37.3 Å². The van der Waals surface area contributed by atoms with Gasteiger partial charge in [0.1, 0.15) is 5.54 Å². The van der Waals surface area contributed by atoms with Crippen LogP contribution in [0.4, 0.5) is 10.5 Å². The molecule has 2 fully saturated rings. The van der Waals surface area contributed by atoms with Crippen molar-refractivity contribution in [2.75, 3.05) is 11.1 Å². The summed E-state index contributed by atoms with van der Waals surface area (Å²) in [7, 11) is -3.25. The third-order valence-electron chi connectivity index (χ3n) is 5.19. The Morgan fingerprint density at radius 2 is 1.96 bits per heavy atom. The Bertz CT molecular complexity index is 877. The van der Waals surface area contributed by atoms with E-state index in [2.05, 4.69) is 16.0 Å². The lowest BCUT2D eigenvalue weighted by molar-refractivity contribution is -0.123. The van der Waals surface area contributed by atoms with Crippen molar-refractivity contribution >= 4 is 33.4 Å². The molecule has 1 aliphatic heterocycles. The molecule has 0 unspecified atom stereocenters. The molecule has 1 saturated carbocycles. The van der Waals surface area contributed by atoms with Crippen molar-refractivity contribution < 1.29 is 22.8 Å². The molecule has 1 aromatic rings. The Morgan fingerprint density at radius 1 is 1.26 bits per heavy atom. The highest BCUT2D eigenvalue weighted by Gasteiger charge is 2.43. The number of anilines is 1. The lowest BCUT2D eigenvalue weighted by Crippen LogP contribution is -2.40. The molecule has 4 amide bonds. The Kier molecular flexibility index (Phi) is 5.23.